The number of aliphatic hydroxyl groups excluding tert-OH is 2. The second kappa shape index (κ2) is 7.04. The van der Waals surface area contributed by atoms with Crippen molar-refractivity contribution in [2.75, 3.05) is 0 Å². The van der Waals surface area contributed by atoms with Gasteiger partial charge in [0, 0.05) is 5.92 Å². The summed E-state index contributed by atoms with van der Waals surface area (Å²) in [6.07, 6.45) is 16.7. The molecule has 0 spiro atoms. The van der Waals surface area contributed by atoms with Gasteiger partial charge in [-0.3, -0.25) is 0 Å². The van der Waals surface area contributed by atoms with Crippen molar-refractivity contribution in [3.05, 3.63) is 0 Å². The molecule has 0 aromatic rings. The van der Waals surface area contributed by atoms with Gasteiger partial charge in [-0.15, -0.1) is 0 Å². The third kappa shape index (κ3) is 3.11. The van der Waals surface area contributed by atoms with E-state index in [1.54, 1.807) is 0 Å². The van der Waals surface area contributed by atoms with E-state index >= 15 is 0 Å². The minimum atomic E-state index is -0.222. The normalized spacial score (nSPS) is 46.7. The number of aliphatic hydroxyl groups is 2. The monoisotopic (exact) mass is 320 g/mol. The molecule has 0 radical (unpaired) electrons. The van der Waals surface area contributed by atoms with Crippen LogP contribution in [-0.4, -0.2) is 22.4 Å². The van der Waals surface area contributed by atoms with E-state index < -0.39 is 0 Å². The summed E-state index contributed by atoms with van der Waals surface area (Å²) in [7, 11) is 0. The van der Waals surface area contributed by atoms with Crippen molar-refractivity contribution < 1.29 is 10.2 Å². The molecular formula is C21H36O2. The number of hydrogen-bond donors (Lipinski definition) is 2. The topological polar surface area (TPSA) is 40.5 Å². The molecule has 2 nitrogen and oxygen atoms in total. The highest BCUT2D eigenvalue weighted by molar-refractivity contribution is 5.02. The SMILES string of the molecule is OC1C2C(CC[C@@H]1C1CCCCC1)C[C@H](C1CCCCC1)C2O. The van der Waals surface area contributed by atoms with Crippen LogP contribution >= 0.6 is 0 Å². The van der Waals surface area contributed by atoms with Crippen LogP contribution in [0.5, 0.6) is 0 Å². The Labute approximate surface area is 142 Å². The van der Waals surface area contributed by atoms with Crippen LogP contribution in [0.3, 0.4) is 0 Å². The Bertz CT molecular complexity index is 367. The van der Waals surface area contributed by atoms with Gasteiger partial charge in [-0.2, -0.15) is 0 Å². The fraction of sp³-hybridized carbons (Fsp3) is 1.00. The smallest absolute Gasteiger partial charge is 0.0626 e. The first-order valence-electron chi connectivity index (χ1n) is 10.6. The summed E-state index contributed by atoms with van der Waals surface area (Å²) < 4.78 is 0. The molecule has 0 aromatic carbocycles. The molecule has 0 saturated heterocycles. The van der Waals surface area contributed by atoms with E-state index in [-0.39, 0.29) is 18.1 Å². The fourth-order valence-corrected chi connectivity index (χ4v) is 6.97. The minimum Gasteiger partial charge on any atom is -0.392 e. The highest BCUT2D eigenvalue weighted by Gasteiger charge is 2.52. The zero-order valence-electron chi connectivity index (χ0n) is 14.7. The standard InChI is InChI=1S/C21H36O2/c22-20-17(14-7-3-1-4-8-14)12-11-16-13-18(21(23)19(16)20)15-9-5-2-6-10-15/h14-23H,1-13H2/t16?,17-,18-,19?,20?,21?/m1/s1. The molecule has 4 fully saturated rings. The lowest BCUT2D eigenvalue weighted by molar-refractivity contribution is -0.0770. The van der Waals surface area contributed by atoms with Gasteiger partial charge in [0.25, 0.3) is 0 Å². The van der Waals surface area contributed by atoms with E-state index in [4.69, 9.17) is 0 Å². The first-order chi connectivity index (χ1) is 11.3. The Morgan fingerprint density at radius 3 is 1.61 bits per heavy atom. The molecule has 0 amide bonds. The summed E-state index contributed by atoms with van der Waals surface area (Å²) in [5.41, 5.74) is 0. The van der Waals surface area contributed by atoms with Crippen LogP contribution in [0.1, 0.15) is 83.5 Å². The lowest BCUT2D eigenvalue weighted by Gasteiger charge is -2.43. The summed E-state index contributed by atoms with van der Waals surface area (Å²) in [5.74, 6) is 3.25. The molecule has 0 bridgehead atoms. The maximum absolute atomic E-state index is 11.1. The summed E-state index contributed by atoms with van der Waals surface area (Å²) in [4.78, 5) is 0. The minimum absolute atomic E-state index is 0.197. The van der Waals surface area contributed by atoms with E-state index in [1.165, 1.54) is 83.5 Å². The van der Waals surface area contributed by atoms with Crippen LogP contribution in [0, 0.1) is 35.5 Å². The molecule has 4 unspecified atom stereocenters. The predicted octanol–water partition coefficient (Wildman–Crippen LogP) is 4.53. The first kappa shape index (κ1) is 16.4. The van der Waals surface area contributed by atoms with Crippen LogP contribution in [0.2, 0.25) is 0 Å². The summed E-state index contributed by atoms with van der Waals surface area (Å²) in [6.45, 7) is 0. The van der Waals surface area contributed by atoms with Gasteiger partial charge in [0.1, 0.15) is 0 Å². The Hall–Kier alpha value is -0.0800. The van der Waals surface area contributed by atoms with Crippen molar-refractivity contribution in [2.24, 2.45) is 35.5 Å². The number of rotatable bonds is 2. The third-order valence-electron chi connectivity index (χ3n) is 8.17. The molecule has 4 rings (SSSR count). The van der Waals surface area contributed by atoms with Crippen molar-refractivity contribution >= 4 is 0 Å². The van der Waals surface area contributed by atoms with E-state index in [0.29, 0.717) is 17.8 Å². The quantitative estimate of drug-likeness (QED) is 0.784. The van der Waals surface area contributed by atoms with Crippen molar-refractivity contribution in [1.29, 1.82) is 0 Å². The maximum atomic E-state index is 11.1. The van der Waals surface area contributed by atoms with Crippen LogP contribution in [0.25, 0.3) is 0 Å². The van der Waals surface area contributed by atoms with Gasteiger partial charge in [0.2, 0.25) is 0 Å². The third-order valence-corrected chi connectivity index (χ3v) is 8.17. The van der Waals surface area contributed by atoms with Crippen LogP contribution in [0.15, 0.2) is 0 Å². The van der Waals surface area contributed by atoms with Crippen LogP contribution in [-0.2, 0) is 0 Å². The number of hydrogen-bond acceptors (Lipinski definition) is 2. The van der Waals surface area contributed by atoms with Crippen molar-refractivity contribution in [3.8, 4) is 0 Å². The van der Waals surface area contributed by atoms with Gasteiger partial charge < -0.3 is 10.2 Å². The van der Waals surface area contributed by atoms with E-state index in [2.05, 4.69) is 0 Å². The molecule has 0 heterocycles. The maximum Gasteiger partial charge on any atom is 0.0626 e. The zero-order valence-corrected chi connectivity index (χ0v) is 14.7. The largest absolute Gasteiger partial charge is 0.392 e. The molecule has 23 heavy (non-hydrogen) atoms. The second-order valence-corrected chi connectivity index (χ2v) is 9.26. The van der Waals surface area contributed by atoms with Gasteiger partial charge in [-0.25, -0.2) is 0 Å². The number of fused-ring (bicyclic) bond motifs is 1. The van der Waals surface area contributed by atoms with Crippen molar-refractivity contribution in [1.82, 2.24) is 0 Å². The summed E-state index contributed by atoms with van der Waals surface area (Å²) in [6, 6.07) is 0. The van der Waals surface area contributed by atoms with Crippen molar-refractivity contribution in [3.63, 3.8) is 0 Å². The molecule has 0 aliphatic heterocycles. The van der Waals surface area contributed by atoms with E-state index in [9.17, 15) is 10.2 Å². The van der Waals surface area contributed by atoms with E-state index in [1.807, 2.05) is 0 Å². The Morgan fingerprint density at radius 2 is 1.00 bits per heavy atom. The fourth-order valence-electron chi connectivity index (χ4n) is 6.97. The summed E-state index contributed by atoms with van der Waals surface area (Å²) >= 11 is 0. The predicted molar refractivity (Wildman–Crippen MR) is 93.0 cm³/mol. The van der Waals surface area contributed by atoms with E-state index in [0.717, 1.165) is 11.8 Å². The van der Waals surface area contributed by atoms with Gasteiger partial charge in [0.15, 0.2) is 0 Å². The highest BCUT2D eigenvalue weighted by Crippen LogP contribution is 2.53. The molecule has 6 atom stereocenters. The highest BCUT2D eigenvalue weighted by atomic mass is 16.3. The Kier molecular flexibility index (Phi) is 5.02. The Balaban J connectivity index is 1.44. The zero-order chi connectivity index (χ0) is 15.8. The first-order valence-corrected chi connectivity index (χ1v) is 10.6. The van der Waals surface area contributed by atoms with Gasteiger partial charge in [0.05, 0.1) is 12.2 Å². The average molecular weight is 321 g/mol. The average Bonchev–Trinajstić information content (AvgIpc) is 2.94. The molecule has 4 aliphatic carbocycles. The molecule has 2 heteroatoms. The van der Waals surface area contributed by atoms with Crippen molar-refractivity contribution in [2.45, 2.75) is 95.7 Å². The molecule has 4 aliphatic rings. The molecular weight excluding hydrogens is 284 g/mol. The molecule has 2 N–H and O–H groups in total. The Morgan fingerprint density at radius 1 is 0.478 bits per heavy atom. The summed E-state index contributed by atoms with van der Waals surface area (Å²) in [5, 5.41) is 22.2. The van der Waals surface area contributed by atoms with Crippen LogP contribution < -0.4 is 0 Å². The molecule has 4 saturated carbocycles. The van der Waals surface area contributed by atoms with Crippen LogP contribution in [0.4, 0.5) is 0 Å². The molecule has 0 aromatic heterocycles. The van der Waals surface area contributed by atoms with Gasteiger partial charge in [-0.1, -0.05) is 64.2 Å². The molecule has 132 valence electrons. The van der Waals surface area contributed by atoms with Gasteiger partial charge in [-0.05, 0) is 48.9 Å². The lowest BCUT2D eigenvalue weighted by Crippen LogP contribution is -2.45. The lowest BCUT2D eigenvalue weighted by atomic mass is 9.65. The second-order valence-electron chi connectivity index (χ2n) is 9.26. The van der Waals surface area contributed by atoms with Gasteiger partial charge >= 0.3 is 0 Å².